The van der Waals surface area contributed by atoms with E-state index in [4.69, 9.17) is 19.9 Å². The zero-order valence-electron chi connectivity index (χ0n) is 58.6. The number of hydrogen-bond acceptors (Lipinski definition) is 16. The molecule has 514 valence electrons. The Hall–Kier alpha value is -7.38. The van der Waals surface area contributed by atoms with Crippen molar-refractivity contribution in [3.63, 3.8) is 0 Å². The molecule has 1 heterocycles. The highest BCUT2D eigenvalue weighted by atomic mass is 16.6. The van der Waals surface area contributed by atoms with Gasteiger partial charge in [0.15, 0.2) is 6.10 Å². The van der Waals surface area contributed by atoms with Crippen LogP contribution in [0.5, 0.6) is 5.75 Å². The number of esters is 2. The second-order valence-electron chi connectivity index (χ2n) is 26.1. The number of nitrogens with two attached hydrogens (primary N) is 1. The third-order valence-corrected chi connectivity index (χ3v) is 17.5. The van der Waals surface area contributed by atoms with Gasteiger partial charge in [-0.25, -0.2) is 9.59 Å². The molecule has 2 rings (SSSR count). The van der Waals surface area contributed by atoms with Crippen LogP contribution < -0.4 is 21.1 Å². The molecule has 1 aromatic rings. The zero-order valence-corrected chi connectivity index (χ0v) is 58.6. The minimum atomic E-state index is -1.74. The molecule has 1 aromatic carbocycles. The Balaban J connectivity index is 2.89. The first-order valence-electron chi connectivity index (χ1n) is 31.6. The van der Waals surface area contributed by atoms with Crippen LogP contribution in [0, 0.1) is 29.6 Å². The Morgan fingerprint density at radius 1 is 0.648 bits per heavy atom. The van der Waals surface area contributed by atoms with Gasteiger partial charge in [0.2, 0.25) is 53.2 Å². The fourth-order valence-electron chi connectivity index (χ4n) is 11.1. The summed E-state index contributed by atoms with van der Waals surface area (Å²) in [5.41, 5.74) is 6.22. The molecule has 0 radical (unpaired) electrons. The number of rotatable bonds is 22. The van der Waals surface area contributed by atoms with E-state index in [0.717, 1.165) is 24.5 Å². The molecule has 1 fully saturated rings. The normalized spacial score (nSPS) is 23.1. The molecule has 91 heavy (non-hydrogen) atoms. The van der Waals surface area contributed by atoms with Crippen molar-refractivity contribution >= 4 is 71.0 Å². The van der Waals surface area contributed by atoms with Gasteiger partial charge >= 0.3 is 11.9 Å². The number of likely N-dealkylation sites (N-methyl/N-ethyl adjacent to an activating group) is 8. The summed E-state index contributed by atoms with van der Waals surface area (Å²) in [4.78, 5) is 183. The first-order chi connectivity index (χ1) is 42.2. The fraction of sp³-hybridized carbons (Fsp3) is 0.723. The predicted molar refractivity (Wildman–Crippen MR) is 343 cm³/mol. The van der Waals surface area contributed by atoms with Crippen molar-refractivity contribution in [2.45, 2.75) is 209 Å². The van der Waals surface area contributed by atoms with Gasteiger partial charge in [0.05, 0.1) is 7.11 Å². The van der Waals surface area contributed by atoms with E-state index in [-0.39, 0.29) is 44.1 Å². The lowest BCUT2D eigenvalue weighted by Gasteiger charge is -2.41. The average molecular weight is 1280 g/mol. The molecule has 13 atom stereocenters. The van der Waals surface area contributed by atoms with Gasteiger partial charge in [0, 0.05) is 75.8 Å². The van der Waals surface area contributed by atoms with Crippen molar-refractivity contribution in [1.82, 2.24) is 49.8 Å². The largest absolute Gasteiger partial charge is 0.497 e. The number of ether oxygens (including phenoxy) is 3. The van der Waals surface area contributed by atoms with Crippen LogP contribution in [0.25, 0.3) is 0 Å². The average Bonchev–Trinajstić information content (AvgIpc) is 0.891. The second-order valence-corrected chi connectivity index (χ2v) is 26.1. The topological polar surface area (TPSA) is 309 Å². The van der Waals surface area contributed by atoms with Gasteiger partial charge in [-0.15, -0.1) is 0 Å². The van der Waals surface area contributed by atoms with Crippen LogP contribution in [0.4, 0.5) is 0 Å². The number of cyclic esters (lactones) is 1. The van der Waals surface area contributed by atoms with Gasteiger partial charge in [-0.05, 0) is 94.7 Å². The number of nitrogens with one attached hydrogen (secondary N) is 2. The highest BCUT2D eigenvalue weighted by molar-refractivity contribution is 5.99. The highest BCUT2D eigenvalue weighted by Crippen LogP contribution is 2.25. The first kappa shape index (κ1) is 79.7. The lowest BCUT2D eigenvalue weighted by atomic mass is 9.95. The molecular formula is C65H109N11O15. The van der Waals surface area contributed by atoms with E-state index in [1.165, 1.54) is 113 Å². The van der Waals surface area contributed by atoms with E-state index in [9.17, 15) is 47.9 Å². The lowest BCUT2D eigenvalue weighted by Crippen LogP contribution is -2.63. The Labute approximate surface area is 540 Å². The van der Waals surface area contributed by atoms with Crippen molar-refractivity contribution in [3.05, 3.63) is 29.8 Å². The molecule has 4 N–H and O–H groups in total. The van der Waals surface area contributed by atoms with Gasteiger partial charge in [0.25, 0.3) is 5.91 Å². The second kappa shape index (κ2) is 35.4. The third kappa shape index (κ3) is 20.6. The zero-order chi connectivity index (χ0) is 70.1. The van der Waals surface area contributed by atoms with Crippen molar-refractivity contribution < 1.29 is 71.7 Å². The summed E-state index contributed by atoms with van der Waals surface area (Å²) in [7, 11) is 12.4. The Kier molecular flexibility index (Phi) is 31.0. The number of carbonyl (C=O) groups excluding carboxylic acids is 12. The number of hydrogen-bond donors (Lipinski definition) is 3. The SMILES string of the molecule is CC[C@H](C)[C@H]1C(=O)N[C@@H](C)C(=O)N(C)[C@@H](CC(C)C)C(=O)N[C@@H](Cc2ccc(OC)cc2)C(=O)N(C)[C@H](C)C(=O)O[C@H](C)[C@H](N(C)C(=O)[C@H](CC(C)C)N(C)C(=O)[C@H](C)N(C)C(=O)[C@H](OC(=O)[C@H](C(C)C)N(C)C(=O)CCN)C(C)C)C(=O)N(C)[C@@H](C)C(=O)N1C. The van der Waals surface area contributed by atoms with E-state index < -0.39 is 161 Å². The Morgan fingerprint density at radius 3 is 1.70 bits per heavy atom. The number of benzene rings is 1. The van der Waals surface area contributed by atoms with E-state index in [0.29, 0.717) is 17.7 Å². The molecule has 0 aliphatic carbocycles. The standard InChI is InChI=1S/C65H109N11O15/c1-25-39(10)52-56(79)67-40(11)57(80)72(19)48(32-35(2)3)55(78)68-47(34-45-26-28-46(89-24)29-27-45)60(83)71(18)43(14)64(87)90-44(15)53(62(85)69(16)42(13)59(82)75(52)22)76(23)61(84)49(33-36(4)5)73(20)58(81)41(12)70(17)63(86)54(38(8)9)91-65(88)51(37(6)7)74(21)50(77)30-31-66/h26-29,35-44,47-49,51-54H,25,30-34,66H2,1-24H3,(H,67,79)(H,68,78)/t39-,40-,41-,42-,43+,44+,47-,48-,49-,51-,52-,53-,54+/m0/s1. The smallest absolute Gasteiger partial charge is 0.329 e. The minimum absolute atomic E-state index is 0.00949. The van der Waals surface area contributed by atoms with Crippen LogP contribution in [0.15, 0.2) is 24.3 Å². The monoisotopic (exact) mass is 1280 g/mol. The van der Waals surface area contributed by atoms with Crippen LogP contribution in [0.2, 0.25) is 0 Å². The summed E-state index contributed by atoms with van der Waals surface area (Å²) >= 11 is 0. The third-order valence-electron chi connectivity index (χ3n) is 17.5. The van der Waals surface area contributed by atoms with Gasteiger partial charge in [0.1, 0.15) is 72.3 Å². The van der Waals surface area contributed by atoms with Crippen molar-refractivity contribution in [2.75, 3.05) is 70.0 Å². The number of carbonyl (C=O) groups is 12. The van der Waals surface area contributed by atoms with E-state index in [1.54, 1.807) is 72.7 Å². The quantitative estimate of drug-likeness (QED) is 0.141. The summed E-state index contributed by atoms with van der Waals surface area (Å²) in [6, 6.07) is -6.36. The minimum Gasteiger partial charge on any atom is -0.497 e. The molecule has 0 unspecified atom stereocenters. The van der Waals surface area contributed by atoms with Crippen molar-refractivity contribution in [2.24, 2.45) is 35.3 Å². The van der Waals surface area contributed by atoms with Crippen LogP contribution in [-0.4, -0.2) is 253 Å². The van der Waals surface area contributed by atoms with Gasteiger partial charge < -0.3 is 69.8 Å². The molecule has 1 aliphatic rings. The molecule has 0 saturated carbocycles. The molecule has 0 spiro atoms. The van der Waals surface area contributed by atoms with Crippen molar-refractivity contribution in [1.29, 1.82) is 0 Å². The first-order valence-corrected chi connectivity index (χ1v) is 31.6. The maximum absolute atomic E-state index is 15.4. The maximum Gasteiger partial charge on any atom is 0.329 e. The van der Waals surface area contributed by atoms with Gasteiger partial charge in [-0.3, -0.25) is 47.9 Å². The fourth-order valence-corrected chi connectivity index (χ4v) is 11.1. The summed E-state index contributed by atoms with van der Waals surface area (Å²) in [6.45, 7) is 24.8. The predicted octanol–water partition coefficient (Wildman–Crippen LogP) is 2.56. The van der Waals surface area contributed by atoms with E-state index in [1.807, 2.05) is 20.8 Å². The number of nitrogens with zero attached hydrogens (tertiary/aromatic N) is 8. The summed E-state index contributed by atoms with van der Waals surface area (Å²) in [5, 5.41) is 5.62. The summed E-state index contributed by atoms with van der Waals surface area (Å²) in [5.74, 6) is -10.4. The summed E-state index contributed by atoms with van der Waals surface area (Å²) < 4.78 is 17.3. The van der Waals surface area contributed by atoms with Crippen LogP contribution in [-0.2, 0) is 73.4 Å². The molecular weight excluding hydrogens is 1170 g/mol. The lowest BCUT2D eigenvalue weighted by molar-refractivity contribution is -0.171. The molecule has 0 aromatic heterocycles. The van der Waals surface area contributed by atoms with Crippen LogP contribution in [0.3, 0.4) is 0 Å². The van der Waals surface area contributed by atoms with Gasteiger partial charge in [-0.1, -0.05) is 87.8 Å². The molecule has 0 bridgehead atoms. The molecule has 1 aliphatic heterocycles. The highest BCUT2D eigenvalue weighted by Gasteiger charge is 2.46. The molecule has 10 amide bonds. The Bertz CT molecular complexity index is 2710. The Morgan fingerprint density at radius 2 is 1.21 bits per heavy atom. The number of methoxy groups -OCH3 is 1. The van der Waals surface area contributed by atoms with Crippen molar-refractivity contribution in [3.8, 4) is 5.75 Å². The molecule has 26 nitrogen and oxygen atoms in total. The molecule has 1 saturated heterocycles. The number of amides is 10. The van der Waals surface area contributed by atoms with E-state index >= 15 is 9.59 Å². The van der Waals surface area contributed by atoms with E-state index in [2.05, 4.69) is 10.6 Å². The summed E-state index contributed by atoms with van der Waals surface area (Å²) in [6.07, 6.45) is -2.51. The van der Waals surface area contributed by atoms with Crippen LogP contribution in [0.1, 0.15) is 135 Å². The van der Waals surface area contributed by atoms with Gasteiger partial charge in [-0.2, -0.15) is 0 Å². The molecule has 26 heteroatoms. The van der Waals surface area contributed by atoms with Crippen LogP contribution >= 0.6 is 0 Å². The maximum atomic E-state index is 15.4.